The van der Waals surface area contributed by atoms with Crippen molar-refractivity contribution < 1.29 is 9.53 Å². The minimum absolute atomic E-state index is 0.181. The van der Waals surface area contributed by atoms with E-state index in [1.54, 1.807) is 12.3 Å². The molecule has 0 amide bonds. The fraction of sp³-hybridized carbons (Fsp3) is 0.0417. The van der Waals surface area contributed by atoms with Crippen LogP contribution >= 0.6 is 0 Å². The molecule has 0 N–H and O–H groups in total. The van der Waals surface area contributed by atoms with Gasteiger partial charge in [0.05, 0.1) is 23.9 Å². The van der Waals surface area contributed by atoms with Gasteiger partial charge in [-0.2, -0.15) is 0 Å². The zero-order valence-electron chi connectivity index (χ0n) is 15.4. The van der Waals surface area contributed by atoms with Crippen LogP contribution in [0.2, 0.25) is 0 Å². The summed E-state index contributed by atoms with van der Waals surface area (Å²) in [6.07, 6.45) is 4.91. The first kappa shape index (κ1) is 17.6. The van der Waals surface area contributed by atoms with Gasteiger partial charge in [-0.15, -0.1) is 0 Å². The highest BCUT2D eigenvalue weighted by molar-refractivity contribution is 6.16. The predicted octanol–water partition coefficient (Wildman–Crippen LogP) is 5.20. The van der Waals surface area contributed by atoms with Gasteiger partial charge in [0.1, 0.15) is 0 Å². The SMILES string of the molecule is COc1nc2ccccc2c(-c2ccccc2)c1C(=O)/C=C/c1ccccn1. The molecule has 4 nitrogen and oxygen atoms in total. The molecular formula is C24H18N2O2. The Morgan fingerprint density at radius 2 is 1.68 bits per heavy atom. The van der Waals surface area contributed by atoms with Gasteiger partial charge in [0, 0.05) is 17.1 Å². The number of allylic oxidation sites excluding steroid dienone is 1. The highest BCUT2D eigenvalue weighted by Crippen LogP contribution is 2.36. The molecule has 0 aliphatic rings. The smallest absolute Gasteiger partial charge is 0.225 e. The number of aromatic nitrogens is 2. The Bertz CT molecular complexity index is 1150. The van der Waals surface area contributed by atoms with Crippen LogP contribution in [0.25, 0.3) is 28.1 Å². The van der Waals surface area contributed by atoms with E-state index in [1.165, 1.54) is 13.2 Å². The molecular weight excluding hydrogens is 348 g/mol. The number of carbonyl (C=O) groups excluding carboxylic acids is 1. The lowest BCUT2D eigenvalue weighted by atomic mass is 9.93. The number of nitrogens with zero attached hydrogens (tertiary/aromatic N) is 2. The highest BCUT2D eigenvalue weighted by Gasteiger charge is 2.21. The molecule has 0 aliphatic heterocycles. The van der Waals surface area contributed by atoms with Crippen molar-refractivity contribution in [1.82, 2.24) is 9.97 Å². The van der Waals surface area contributed by atoms with Crippen LogP contribution in [0, 0.1) is 0 Å². The van der Waals surface area contributed by atoms with Crippen LogP contribution < -0.4 is 4.74 Å². The Labute approximate surface area is 163 Å². The van der Waals surface area contributed by atoms with E-state index in [2.05, 4.69) is 9.97 Å². The Morgan fingerprint density at radius 1 is 0.929 bits per heavy atom. The molecule has 4 aromatic rings. The first-order chi connectivity index (χ1) is 13.8. The number of hydrogen-bond acceptors (Lipinski definition) is 4. The van der Waals surface area contributed by atoms with Gasteiger partial charge in [0.2, 0.25) is 5.88 Å². The molecule has 0 radical (unpaired) electrons. The Hall–Kier alpha value is -3.79. The fourth-order valence-corrected chi connectivity index (χ4v) is 3.19. The minimum Gasteiger partial charge on any atom is -0.480 e. The van der Waals surface area contributed by atoms with Crippen molar-refractivity contribution in [3.05, 3.63) is 96.3 Å². The number of pyridine rings is 2. The van der Waals surface area contributed by atoms with Gasteiger partial charge in [-0.05, 0) is 35.9 Å². The van der Waals surface area contributed by atoms with Gasteiger partial charge in [-0.1, -0.05) is 54.6 Å². The number of methoxy groups -OCH3 is 1. The molecule has 2 heterocycles. The molecule has 4 heteroatoms. The number of benzene rings is 2. The molecule has 0 bridgehead atoms. The normalized spacial score (nSPS) is 11.0. The van der Waals surface area contributed by atoms with Crippen molar-refractivity contribution >= 4 is 22.8 Å². The molecule has 2 aromatic heterocycles. The molecule has 0 aliphatic carbocycles. The number of para-hydroxylation sites is 1. The maximum Gasteiger partial charge on any atom is 0.225 e. The average molecular weight is 366 g/mol. The van der Waals surface area contributed by atoms with Crippen LogP contribution in [0.3, 0.4) is 0 Å². The third-order valence-corrected chi connectivity index (χ3v) is 4.45. The number of ether oxygens (including phenoxy) is 1. The van der Waals surface area contributed by atoms with E-state index in [0.29, 0.717) is 17.1 Å². The first-order valence-corrected chi connectivity index (χ1v) is 8.93. The third-order valence-electron chi connectivity index (χ3n) is 4.45. The van der Waals surface area contributed by atoms with Gasteiger partial charge in [0.15, 0.2) is 5.78 Å². The molecule has 136 valence electrons. The Kier molecular flexibility index (Phi) is 4.93. The summed E-state index contributed by atoms with van der Waals surface area (Å²) in [5.74, 6) is 0.132. The summed E-state index contributed by atoms with van der Waals surface area (Å²) >= 11 is 0. The maximum atomic E-state index is 13.2. The molecule has 2 aromatic carbocycles. The lowest BCUT2D eigenvalue weighted by Gasteiger charge is -2.15. The molecule has 0 saturated carbocycles. The highest BCUT2D eigenvalue weighted by atomic mass is 16.5. The molecule has 28 heavy (non-hydrogen) atoms. The van der Waals surface area contributed by atoms with Crippen LogP contribution in [0.15, 0.2) is 85.1 Å². The van der Waals surface area contributed by atoms with E-state index in [9.17, 15) is 4.79 Å². The molecule has 0 spiro atoms. The Balaban J connectivity index is 1.93. The predicted molar refractivity (Wildman–Crippen MR) is 111 cm³/mol. The molecule has 4 rings (SSSR count). The van der Waals surface area contributed by atoms with Crippen molar-refractivity contribution in [2.75, 3.05) is 7.11 Å². The van der Waals surface area contributed by atoms with Gasteiger partial charge in [-0.25, -0.2) is 4.98 Å². The fourth-order valence-electron chi connectivity index (χ4n) is 3.19. The molecule has 0 fully saturated rings. The number of ketones is 1. The van der Waals surface area contributed by atoms with E-state index in [0.717, 1.165) is 22.0 Å². The second-order valence-electron chi connectivity index (χ2n) is 6.21. The van der Waals surface area contributed by atoms with Gasteiger partial charge < -0.3 is 4.74 Å². The van der Waals surface area contributed by atoms with Gasteiger partial charge in [-0.3, -0.25) is 9.78 Å². The monoisotopic (exact) mass is 366 g/mol. The minimum atomic E-state index is -0.181. The zero-order valence-corrected chi connectivity index (χ0v) is 15.4. The number of hydrogen-bond donors (Lipinski definition) is 0. The number of fused-ring (bicyclic) bond motifs is 1. The largest absolute Gasteiger partial charge is 0.480 e. The van der Waals surface area contributed by atoms with Gasteiger partial charge >= 0.3 is 0 Å². The lowest BCUT2D eigenvalue weighted by molar-refractivity contribution is 0.104. The summed E-state index contributed by atoms with van der Waals surface area (Å²) in [6, 6.07) is 23.2. The van der Waals surface area contributed by atoms with E-state index in [4.69, 9.17) is 4.74 Å². The third kappa shape index (κ3) is 3.40. The van der Waals surface area contributed by atoms with Crippen LogP contribution in [-0.4, -0.2) is 22.9 Å². The lowest BCUT2D eigenvalue weighted by Crippen LogP contribution is -2.05. The van der Waals surface area contributed by atoms with E-state index in [1.807, 2.05) is 72.8 Å². The first-order valence-electron chi connectivity index (χ1n) is 8.93. The topological polar surface area (TPSA) is 52.1 Å². The van der Waals surface area contributed by atoms with Gasteiger partial charge in [0.25, 0.3) is 0 Å². The van der Waals surface area contributed by atoms with Crippen LogP contribution in [0.4, 0.5) is 0 Å². The summed E-state index contributed by atoms with van der Waals surface area (Å²) in [5.41, 5.74) is 3.69. The standard InChI is InChI=1S/C24H18N2O2/c1-28-24-23(21(27)15-14-18-11-7-8-16-25-18)22(17-9-3-2-4-10-17)19-12-5-6-13-20(19)26-24/h2-16H,1H3/b15-14+. The summed E-state index contributed by atoms with van der Waals surface area (Å²) < 4.78 is 5.51. The zero-order chi connectivity index (χ0) is 19.3. The van der Waals surface area contributed by atoms with Crippen LogP contribution in [-0.2, 0) is 0 Å². The average Bonchev–Trinajstić information content (AvgIpc) is 2.77. The quantitative estimate of drug-likeness (QED) is 0.360. The van der Waals surface area contributed by atoms with Crippen LogP contribution in [0.5, 0.6) is 5.88 Å². The van der Waals surface area contributed by atoms with Crippen molar-refractivity contribution in [3.8, 4) is 17.0 Å². The molecule has 0 unspecified atom stereocenters. The summed E-state index contributed by atoms with van der Waals surface area (Å²) in [4.78, 5) is 22.0. The van der Waals surface area contributed by atoms with Crippen molar-refractivity contribution in [2.45, 2.75) is 0 Å². The maximum absolute atomic E-state index is 13.2. The summed E-state index contributed by atoms with van der Waals surface area (Å²) in [7, 11) is 1.53. The van der Waals surface area contributed by atoms with E-state index < -0.39 is 0 Å². The van der Waals surface area contributed by atoms with E-state index in [-0.39, 0.29) is 5.78 Å². The van der Waals surface area contributed by atoms with Crippen molar-refractivity contribution in [2.24, 2.45) is 0 Å². The van der Waals surface area contributed by atoms with E-state index >= 15 is 0 Å². The summed E-state index contributed by atoms with van der Waals surface area (Å²) in [6.45, 7) is 0. The second kappa shape index (κ2) is 7.84. The van der Waals surface area contributed by atoms with Crippen LogP contribution in [0.1, 0.15) is 16.1 Å². The number of rotatable bonds is 5. The number of carbonyl (C=O) groups is 1. The molecule has 0 saturated heterocycles. The molecule has 0 atom stereocenters. The Morgan fingerprint density at radius 3 is 2.43 bits per heavy atom. The van der Waals surface area contributed by atoms with Crippen molar-refractivity contribution in [1.29, 1.82) is 0 Å². The second-order valence-corrected chi connectivity index (χ2v) is 6.21. The summed E-state index contributed by atoms with van der Waals surface area (Å²) in [5, 5.41) is 0.907. The van der Waals surface area contributed by atoms with Crippen molar-refractivity contribution in [3.63, 3.8) is 0 Å².